The zero-order chi connectivity index (χ0) is 12.8. The molecule has 0 aliphatic carbocycles. The third-order valence-electron chi connectivity index (χ3n) is 1.71. The highest BCUT2D eigenvalue weighted by atomic mass is 32.2. The minimum Gasteiger partial charge on any atom is -0.396 e. The van der Waals surface area contributed by atoms with Gasteiger partial charge in [0.1, 0.15) is 5.82 Å². The molecule has 1 aromatic rings. The average molecular weight is 250 g/mol. The average Bonchev–Trinajstić information content (AvgIpc) is 2.15. The minimum atomic E-state index is -3.67. The third-order valence-corrected chi connectivity index (χ3v) is 1.71. The first kappa shape index (κ1) is 15.0. The predicted octanol–water partition coefficient (Wildman–Crippen LogP) is 1.43. The van der Waals surface area contributed by atoms with Gasteiger partial charge in [0.2, 0.25) is 0 Å². The fraction of sp³-hybridized carbons (Fsp3) is 0.400. The van der Waals surface area contributed by atoms with Crippen LogP contribution in [0.5, 0.6) is 0 Å². The molecule has 4 nitrogen and oxygen atoms in total. The SMILES string of the molecule is CC(CO)c1ccc(F)cc1.CS(=O)(=O)O. The molecule has 0 aliphatic heterocycles. The van der Waals surface area contributed by atoms with E-state index in [2.05, 4.69) is 0 Å². The van der Waals surface area contributed by atoms with Gasteiger partial charge in [-0.1, -0.05) is 19.1 Å². The van der Waals surface area contributed by atoms with Gasteiger partial charge in [-0.3, -0.25) is 4.55 Å². The Hall–Kier alpha value is -0.980. The van der Waals surface area contributed by atoms with Crippen LogP contribution >= 0.6 is 0 Å². The Balaban J connectivity index is 0.000000385. The highest BCUT2D eigenvalue weighted by Gasteiger charge is 2.02. The highest BCUT2D eigenvalue weighted by Crippen LogP contribution is 2.13. The van der Waals surface area contributed by atoms with Crippen LogP contribution < -0.4 is 0 Å². The summed E-state index contributed by atoms with van der Waals surface area (Å²) in [5.41, 5.74) is 0.967. The van der Waals surface area contributed by atoms with Gasteiger partial charge in [0.25, 0.3) is 10.1 Å². The smallest absolute Gasteiger partial charge is 0.261 e. The number of benzene rings is 1. The molecule has 1 aromatic carbocycles. The van der Waals surface area contributed by atoms with Gasteiger partial charge < -0.3 is 5.11 Å². The van der Waals surface area contributed by atoms with Crippen molar-refractivity contribution in [2.24, 2.45) is 0 Å². The molecule has 2 N–H and O–H groups in total. The fourth-order valence-electron chi connectivity index (χ4n) is 0.897. The molecule has 0 amide bonds. The monoisotopic (exact) mass is 250 g/mol. The van der Waals surface area contributed by atoms with E-state index in [-0.39, 0.29) is 18.3 Å². The topological polar surface area (TPSA) is 74.6 Å². The van der Waals surface area contributed by atoms with Gasteiger partial charge in [0.15, 0.2) is 0 Å². The van der Waals surface area contributed by atoms with Gasteiger partial charge >= 0.3 is 0 Å². The van der Waals surface area contributed by atoms with Crippen molar-refractivity contribution < 1.29 is 22.5 Å². The first-order valence-corrected chi connectivity index (χ1v) is 6.37. The van der Waals surface area contributed by atoms with E-state index in [9.17, 15) is 12.8 Å². The van der Waals surface area contributed by atoms with Crippen LogP contribution in [0.3, 0.4) is 0 Å². The lowest BCUT2D eigenvalue weighted by atomic mass is 10.0. The number of aliphatic hydroxyl groups is 1. The molecule has 6 heteroatoms. The molecular formula is C10H15FO4S. The molecular weight excluding hydrogens is 235 g/mol. The van der Waals surface area contributed by atoms with Gasteiger partial charge in [-0.15, -0.1) is 0 Å². The minimum absolute atomic E-state index is 0.0931. The standard InChI is InChI=1S/C9H11FO.CH4O3S/c1-7(6-11)8-2-4-9(10)5-3-8;1-5(2,3)4/h2-5,7,11H,6H2,1H3;1H3,(H,2,3,4). The van der Waals surface area contributed by atoms with Crippen molar-refractivity contribution >= 4 is 10.1 Å². The van der Waals surface area contributed by atoms with Gasteiger partial charge in [0, 0.05) is 12.5 Å². The molecule has 92 valence electrons. The molecule has 0 heterocycles. The van der Waals surface area contributed by atoms with E-state index < -0.39 is 10.1 Å². The summed E-state index contributed by atoms with van der Waals surface area (Å²) < 4.78 is 38.3. The second kappa shape index (κ2) is 6.57. The molecule has 0 saturated heterocycles. The van der Waals surface area contributed by atoms with Crippen molar-refractivity contribution in [3.05, 3.63) is 35.6 Å². The van der Waals surface area contributed by atoms with Crippen molar-refractivity contribution in [3.8, 4) is 0 Å². The Morgan fingerprint density at radius 2 is 1.69 bits per heavy atom. The summed E-state index contributed by atoms with van der Waals surface area (Å²) in [4.78, 5) is 0. The second-order valence-electron chi connectivity index (χ2n) is 3.37. The summed E-state index contributed by atoms with van der Waals surface area (Å²) in [5.74, 6) is -0.144. The zero-order valence-electron chi connectivity index (χ0n) is 9.09. The highest BCUT2D eigenvalue weighted by molar-refractivity contribution is 7.85. The molecule has 0 fully saturated rings. The maximum absolute atomic E-state index is 12.4. The van der Waals surface area contributed by atoms with Crippen LogP contribution in [0.1, 0.15) is 18.4 Å². The van der Waals surface area contributed by atoms with Crippen molar-refractivity contribution in [2.45, 2.75) is 12.8 Å². The molecule has 0 aliphatic rings. The Morgan fingerprint density at radius 1 is 1.31 bits per heavy atom. The Morgan fingerprint density at radius 3 is 2.00 bits per heavy atom. The molecule has 0 saturated carbocycles. The van der Waals surface area contributed by atoms with Crippen molar-refractivity contribution in [2.75, 3.05) is 12.9 Å². The van der Waals surface area contributed by atoms with Crippen molar-refractivity contribution in [1.29, 1.82) is 0 Å². The van der Waals surface area contributed by atoms with Crippen molar-refractivity contribution in [1.82, 2.24) is 0 Å². The lowest BCUT2D eigenvalue weighted by Crippen LogP contribution is -1.98. The second-order valence-corrected chi connectivity index (χ2v) is 4.83. The number of hydrogen-bond donors (Lipinski definition) is 2. The molecule has 1 rings (SSSR count). The summed E-state index contributed by atoms with van der Waals surface area (Å²) >= 11 is 0. The quantitative estimate of drug-likeness (QED) is 0.778. The van der Waals surface area contributed by atoms with Crippen LogP contribution in [0, 0.1) is 5.82 Å². The first-order valence-electron chi connectivity index (χ1n) is 4.53. The molecule has 0 radical (unpaired) electrons. The van der Waals surface area contributed by atoms with Crippen LogP contribution in [0.2, 0.25) is 0 Å². The molecule has 0 aromatic heterocycles. The van der Waals surface area contributed by atoms with Crippen LogP contribution in [0.4, 0.5) is 4.39 Å². The largest absolute Gasteiger partial charge is 0.396 e. The van der Waals surface area contributed by atoms with E-state index in [1.165, 1.54) is 12.1 Å². The Kier molecular flexibility index (Phi) is 6.17. The summed E-state index contributed by atoms with van der Waals surface area (Å²) in [6.07, 6.45) is 0.715. The van der Waals surface area contributed by atoms with Crippen molar-refractivity contribution in [3.63, 3.8) is 0 Å². The van der Waals surface area contributed by atoms with E-state index in [0.717, 1.165) is 5.56 Å². The first-order chi connectivity index (χ1) is 7.24. The van der Waals surface area contributed by atoms with E-state index in [0.29, 0.717) is 6.26 Å². The van der Waals surface area contributed by atoms with E-state index >= 15 is 0 Å². The third kappa shape index (κ3) is 8.34. The van der Waals surface area contributed by atoms with Crippen LogP contribution in [-0.2, 0) is 10.1 Å². The lowest BCUT2D eigenvalue weighted by Gasteiger charge is -2.06. The lowest BCUT2D eigenvalue weighted by molar-refractivity contribution is 0.273. The molecule has 1 unspecified atom stereocenters. The molecule has 1 atom stereocenters. The van der Waals surface area contributed by atoms with Gasteiger partial charge in [-0.25, -0.2) is 4.39 Å². The number of rotatable bonds is 2. The van der Waals surface area contributed by atoms with Crippen LogP contribution in [0.15, 0.2) is 24.3 Å². The Labute approximate surface area is 94.5 Å². The summed E-state index contributed by atoms with van der Waals surface area (Å²) in [6, 6.07) is 6.19. The predicted molar refractivity (Wildman–Crippen MR) is 59.4 cm³/mol. The molecule has 0 bridgehead atoms. The maximum Gasteiger partial charge on any atom is 0.261 e. The number of aliphatic hydroxyl groups excluding tert-OH is 1. The van der Waals surface area contributed by atoms with E-state index in [1.807, 2.05) is 6.92 Å². The maximum atomic E-state index is 12.4. The van der Waals surface area contributed by atoms with Gasteiger partial charge in [0.05, 0.1) is 6.26 Å². The van der Waals surface area contributed by atoms with Gasteiger partial charge in [-0.05, 0) is 17.7 Å². The van der Waals surface area contributed by atoms with Crippen LogP contribution in [0.25, 0.3) is 0 Å². The zero-order valence-corrected chi connectivity index (χ0v) is 9.91. The molecule has 0 spiro atoms. The van der Waals surface area contributed by atoms with Gasteiger partial charge in [-0.2, -0.15) is 8.42 Å². The van der Waals surface area contributed by atoms with E-state index in [1.54, 1.807) is 12.1 Å². The number of halogens is 1. The van der Waals surface area contributed by atoms with Crippen LogP contribution in [-0.4, -0.2) is 30.9 Å². The van der Waals surface area contributed by atoms with E-state index in [4.69, 9.17) is 9.66 Å². The molecule has 16 heavy (non-hydrogen) atoms. The summed E-state index contributed by atoms with van der Waals surface area (Å²) in [6.45, 7) is 2.00. The number of hydrogen-bond acceptors (Lipinski definition) is 3. The summed E-state index contributed by atoms with van der Waals surface area (Å²) in [5, 5.41) is 8.76. The normalized spacial score (nSPS) is 12.6. The summed E-state index contributed by atoms with van der Waals surface area (Å²) in [7, 11) is -3.67. The fourth-order valence-corrected chi connectivity index (χ4v) is 0.897. The Bertz CT molecular complexity index is 391.